The fourth-order valence-electron chi connectivity index (χ4n) is 4.12. The minimum atomic E-state index is -0.0190. The van der Waals surface area contributed by atoms with Gasteiger partial charge in [0, 0.05) is 51.9 Å². The molecule has 148 valence electrons. The van der Waals surface area contributed by atoms with E-state index in [-0.39, 0.29) is 24.0 Å². The molecule has 0 aliphatic carbocycles. The van der Waals surface area contributed by atoms with E-state index in [1.807, 2.05) is 17.0 Å². The molecule has 1 aromatic carbocycles. The summed E-state index contributed by atoms with van der Waals surface area (Å²) >= 11 is 0. The lowest BCUT2D eigenvalue weighted by Crippen LogP contribution is -2.54. The standard InChI is InChI=1S/C21H31N3O3/c1-16-3-5-18(6-4-16)15-22-21(26)23-11-7-19(8-12-23)24(17(2)25)20-9-13-27-14-10-20/h3-6,19-20H,7-15H2,1-2H3,(H,22,26). The fraction of sp³-hybridized carbons (Fsp3) is 0.619. The summed E-state index contributed by atoms with van der Waals surface area (Å²) in [5.41, 5.74) is 2.32. The minimum absolute atomic E-state index is 0.0190. The third-order valence-electron chi connectivity index (χ3n) is 5.66. The summed E-state index contributed by atoms with van der Waals surface area (Å²) in [6, 6.07) is 8.68. The highest BCUT2D eigenvalue weighted by Crippen LogP contribution is 2.24. The van der Waals surface area contributed by atoms with Gasteiger partial charge in [-0.15, -0.1) is 0 Å². The van der Waals surface area contributed by atoms with Gasteiger partial charge in [0.25, 0.3) is 0 Å². The van der Waals surface area contributed by atoms with Gasteiger partial charge in [-0.1, -0.05) is 29.8 Å². The second kappa shape index (κ2) is 9.22. The molecule has 0 unspecified atom stereocenters. The van der Waals surface area contributed by atoms with Crippen LogP contribution < -0.4 is 5.32 Å². The SMILES string of the molecule is CC(=O)N(C1CCOCC1)C1CCN(C(=O)NCc2ccc(C)cc2)CC1. The molecule has 0 bridgehead atoms. The zero-order valence-corrected chi connectivity index (χ0v) is 16.4. The van der Waals surface area contributed by atoms with Crippen molar-refractivity contribution in [3.63, 3.8) is 0 Å². The van der Waals surface area contributed by atoms with Gasteiger partial charge in [0.1, 0.15) is 0 Å². The van der Waals surface area contributed by atoms with Crippen molar-refractivity contribution >= 4 is 11.9 Å². The Balaban J connectivity index is 1.48. The van der Waals surface area contributed by atoms with Crippen molar-refractivity contribution in [3.05, 3.63) is 35.4 Å². The zero-order chi connectivity index (χ0) is 19.2. The van der Waals surface area contributed by atoms with E-state index in [1.165, 1.54) is 5.56 Å². The number of piperidine rings is 1. The summed E-state index contributed by atoms with van der Waals surface area (Å²) in [4.78, 5) is 28.6. The number of carbonyl (C=O) groups is 2. The van der Waals surface area contributed by atoms with Crippen LogP contribution >= 0.6 is 0 Å². The van der Waals surface area contributed by atoms with Crippen LogP contribution in [0.15, 0.2) is 24.3 Å². The predicted molar refractivity (Wildman–Crippen MR) is 104 cm³/mol. The average molecular weight is 373 g/mol. The van der Waals surface area contributed by atoms with Crippen molar-refractivity contribution in [3.8, 4) is 0 Å². The van der Waals surface area contributed by atoms with Gasteiger partial charge in [0.05, 0.1) is 0 Å². The number of ether oxygens (including phenoxy) is 1. The van der Waals surface area contributed by atoms with E-state index in [1.54, 1.807) is 6.92 Å². The molecule has 6 nitrogen and oxygen atoms in total. The molecule has 2 aliphatic rings. The Bertz CT molecular complexity index is 633. The van der Waals surface area contributed by atoms with Gasteiger partial charge < -0.3 is 19.9 Å². The van der Waals surface area contributed by atoms with Crippen LogP contribution in [0.1, 0.15) is 43.7 Å². The van der Waals surface area contributed by atoms with Gasteiger partial charge in [-0.2, -0.15) is 0 Å². The first-order valence-electron chi connectivity index (χ1n) is 9.99. The van der Waals surface area contributed by atoms with E-state index in [4.69, 9.17) is 4.74 Å². The molecular formula is C21H31N3O3. The number of urea groups is 1. The molecule has 3 rings (SSSR count). The number of amides is 3. The molecule has 6 heteroatoms. The number of hydrogen-bond donors (Lipinski definition) is 1. The number of carbonyl (C=O) groups excluding carboxylic acids is 2. The Morgan fingerprint density at radius 3 is 2.26 bits per heavy atom. The number of aryl methyl sites for hydroxylation is 1. The number of benzene rings is 1. The number of likely N-dealkylation sites (tertiary alicyclic amines) is 1. The van der Waals surface area contributed by atoms with Crippen molar-refractivity contribution in [2.45, 2.75) is 58.2 Å². The molecule has 2 fully saturated rings. The third kappa shape index (κ3) is 5.22. The van der Waals surface area contributed by atoms with Crippen LogP contribution in [0.3, 0.4) is 0 Å². The maximum absolute atomic E-state index is 12.5. The number of nitrogens with zero attached hydrogens (tertiary/aromatic N) is 2. The molecular weight excluding hydrogens is 342 g/mol. The molecule has 1 aromatic rings. The molecule has 1 N–H and O–H groups in total. The van der Waals surface area contributed by atoms with Crippen LogP contribution in [-0.2, 0) is 16.1 Å². The molecule has 27 heavy (non-hydrogen) atoms. The maximum Gasteiger partial charge on any atom is 0.317 e. The lowest BCUT2D eigenvalue weighted by atomic mass is 9.98. The zero-order valence-electron chi connectivity index (χ0n) is 16.4. The molecule has 0 aromatic heterocycles. The topological polar surface area (TPSA) is 61.9 Å². The highest BCUT2D eigenvalue weighted by atomic mass is 16.5. The summed E-state index contributed by atoms with van der Waals surface area (Å²) < 4.78 is 5.44. The summed E-state index contributed by atoms with van der Waals surface area (Å²) in [6.07, 6.45) is 3.51. The average Bonchev–Trinajstić information content (AvgIpc) is 2.68. The molecule has 0 saturated carbocycles. The summed E-state index contributed by atoms with van der Waals surface area (Å²) in [7, 11) is 0. The fourth-order valence-corrected chi connectivity index (χ4v) is 4.12. The van der Waals surface area contributed by atoms with Crippen LogP contribution in [0.5, 0.6) is 0 Å². The van der Waals surface area contributed by atoms with Crippen molar-refractivity contribution in [2.75, 3.05) is 26.3 Å². The van der Waals surface area contributed by atoms with Gasteiger partial charge in [-0.05, 0) is 38.2 Å². The largest absolute Gasteiger partial charge is 0.381 e. The van der Waals surface area contributed by atoms with Gasteiger partial charge in [0.2, 0.25) is 5.91 Å². The monoisotopic (exact) mass is 373 g/mol. The Kier molecular flexibility index (Phi) is 6.72. The summed E-state index contributed by atoms with van der Waals surface area (Å²) in [5.74, 6) is 0.143. The molecule has 3 amide bonds. The maximum atomic E-state index is 12.5. The van der Waals surface area contributed by atoms with Gasteiger partial charge in [-0.3, -0.25) is 4.79 Å². The quantitative estimate of drug-likeness (QED) is 0.883. The van der Waals surface area contributed by atoms with Gasteiger partial charge in [0.15, 0.2) is 0 Å². The highest BCUT2D eigenvalue weighted by Gasteiger charge is 2.33. The lowest BCUT2D eigenvalue weighted by molar-refractivity contribution is -0.137. The van der Waals surface area contributed by atoms with Gasteiger partial charge in [-0.25, -0.2) is 4.79 Å². The van der Waals surface area contributed by atoms with E-state index in [0.717, 1.165) is 44.5 Å². The Morgan fingerprint density at radius 2 is 1.67 bits per heavy atom. The van der Waals surface area contributed by atoms with Crippen LogP contribution in [0.4, 0.5) is 4.79 Å². The number of rotatable bonds is 4. The van der Waals surface area contributed by atoms with Crippen molar-refractivity contribution in [2.24, 2.45) is 0 Å². The third-order valence-corrected chi connectivity index (χ3v) is 5.66. The molecule has 2 aliphatic heterocycles. The van der Waals surface area contributed by atoms with Crippen molar-refractivity contribution in [1.82, 2.24) is 15.1 Å². The van der Waals surface area contributed by atoms with E-state index in [0.29, 0.717) is 19.6 Å². The Labute approximate surface area is 161 Å². The van der Waals surface area contributed by atoms with Crippen LogP contribution in [0.2, 0.25) is 0 Å². The van der Waals surface area contributed by atoms with Crippen LogP contribution in [-0.4, -0.2) is 60.1 Å². The first-order valence-corrected chi connectivity index (χ1v) is 9.99. The highest BCUT2D eigenvalue weighted by molar-refractivity contribution is 5.75. The predicted octanol–water partition coefficient (Wildman–Crippen LogP) is 2.70. The van der Waals surface area contributed by atoms with Crippen molar-refractivity contribution in [1.29, 1.82) is 0 Å². The molecule has 0 atom stereocenters. The Morgan fingerprint density at radius 1 is 1.07 bits per heavy atom. The lowest BCUT2D eigenvalue weighted by Gasteiger charge is -2.43. The normalized spacial score (nSPS) is 19.0. The van der Waals surface area contributed by atoms with Crippen LogP contribution in [0.25, 0.3) is 0 Å². The second-order valence-corrected chi connectivity index (χ2v) is 7.63. The van der Waals surface area contributed by atoms with E-state index in [9.17, 15) is 9.59 Å². The molecule has 2 heterocycles. The minimum Gasteiger partial charge on any atom is -0.381 e. The van der Waals surface area contributed by atoms with E-state index >= 15 is 0 Å². The Hall–Kier alpha value is -2.08. The smallest absolute Gasteiger partial charge is 0.317 e. The van der Waals surface area contributed by atoms with E-state index in [2.05, 4.69) is 29.3 Å². The van der Waals surface area contributed by atoms with E-state index < -0.39 is 0 Å². The molecule has 0 spiro atoms. The number of hydrogen-bond acceptors (Lipinski definition) is 3. The van der Waals surface area contributed by atoms with Gasteiger partial charge >= 0.3 is 6.03 Å². The second-order valence-electron chi connectivity index (χ2n) is 7.63. The first-order chi connectivity index (χ1) is 13.0. The molecule has 0 radical (unpaired) electrons. The first kappa shape index (κ1) is 19.7. The summed E-state index contributed by atoms with van der Waals surface area (Å²) in [6.45, 7) is 7.10. The van der Waals surface area contributed by atoms with Crippen molar-refractivity contribution < 1.29 is 14.3 Å². The number of nitrogens with one attached hydrogen (secondary N) is 1. The molecule has 2 saturated heterocycles. The summed E-state index contributed by atoms with van der Waals surface area (Å²) in [5, 5.41) is 3.01. The van der Waals surface area contributed by atoms with Crippen LogP contribution in [0, 0.1) is 6.92 Å².